The number of carbonyl (C=O) groups is 6. The van der Waals surface area contributed by atoms with Crippen LogP contribution in [0.25, 0.3) is 0 Å². The Balaban J connectivity index is 0.719. The van der Waals surface area contributed by atoms with E-state index >= 15 is 0 Å². The number of amides is 6. The standard InChI is InChI=1S/C51H57N11O10/c1-58-28-30(20-40(58)46(63)52-14-8-18-71-44-24-36-34(22-42(44)69-4)50(67)61-16-6-10-32(61)26-54-36)56-48(65)38-12-13-39(60(38)3)49(66)57-31-21-41(59(2)29-31)47(64)53-15-9-19-72-45-25-37-35(23-43(45)70-5)51(68)62-17-7-11-33(62)27-55-37/h12-13,20-29,32-33H,6-11,14-19H2,1-5H3,(H,52,63)(H,53,64)(H,56,65)(H,57,66)/t32-,33?/m0/s1. The summed E-state index contributed by atoms with van der Waals surface area (Å²) in [6.45, 7) is 2.49. The van der Waals surface area contributed by atoms with Crippen LogP contribution in [0.15, 0.2) is 70.9 Å². The molecule has 0 spiro atoms. The van der Waals surface area contributed by atoms with Crippen molar-refractivity contribution in [2.45, 2.75) is 50.6 Å². The van der Waals surface area contributed by atoms with E-state index in [0.717, 1.165) is 25.7 Å². The summed E-state index contributed by atoms with van der Waals surface area (Å²) < 4.78 is 27.7. The van der Waals surface area contributed by atoms with Crippen LogP contribution in [0.5, 0.6) is 23.0 Å². The maximum Gasteiger partial charge on any atom is 0.272 e. The van der Waals surface area contributed by atoms with Gasteiger partial charge in [0.15, 0.2) is 23.0 Å². The molecule has 4 N–H and O–H groups in total. The molecule has 2 fully saturated rings. The van der Waals surface area contributed by atoms with Crippen LogP contribution in [0, 0.1) is 0 Å². The maximum absolute atomic E-state index is 13.4. The normalized spacial score (nSPS) is 16.5. The molecule has 2 saturated heterocycles. The number of aromatic nitrogens is 3. The van der Waals surface area contributed by atoms with Crippen LogP contribution in [0.4, 0.5) is 22.7 Å². The zero-order chi connectivity index (χ0) is 50.6. The number of benzene rings is 2. The molecule has 376 valence electrons. The smallest absolute Gasteiger partial charge is 0.272 e. The molecule has 4 aliphatic rings. The number of nitrogens with one attached hydrogen (secondary N) is 4. The predicted molar refractivity (Wildman–Crippen MR) is 267 cm³/mol. The summed E-state index contributed by atoms with van der Waals surface area (Å²) in [4.78, 5) is 92.4. The maximum atomic E-state index is 13.4. The quantitative estimate of drug-likeness (QED) is 0.0832. The molecule has 0 bridgehead atoms. The Morgan fingerprint density at radius 1 is 0.583 bits per heavy atom. The van der Waals surface area contributed by atoms with E-state index in [4.69, 9.17) is 18.9 Å². The minimum absolute atomic E-state index is 0.0126. The third kappa shape index (κ3) is 9.99. The monoisotopic (exact) mass is 983 g/mol. The molecule has 3 aromatic heterocycles. The summed E-state index contributed by atoms with van der Waals surface area (Å²) in [5, 5.41) is 11.4. The van der Waals surface area contributed by atoms with Crippen molar-refractivity contribution in [2.75, 3.05) is 64.2 Å². The van der Waals surface area contributed by atoms with Gasteiger partial charge in [0, 0.05) is 84.3 Å². The van der Waals surface area contributed by atoms with E-state index in [1.807, 2.05) is 22.2 Å². The second kappa shape index (κ2) is 20.9. The Morgan fingerprint density at radius 3 is 1.43 bits per heavy atom. The third-order valence-corrected chi connectivity index (χ3v) is 13.2. The van der Waals surface area contributed by atoms with Gasteiger partial charge in [-0.15, -0.1) is 0 Å². The number of aryl methyl sites for hydroxylation is 2. The van der Waals surface area contributed by atoms with Crippen LogP contribution in [0.2, 0.25) is 0 Å². The van der Waals surface area contributed by atoms with Crippen molar-refractivity contribution in [1.82, 2.24) is 34.1 Å². The molecular weight excluding hydrogens is 927 g/mol. The fraction of sp³-hybridized carbons (Fsp3) is 0.373. The first kappa shape index (κ1) is 48.7. The molecule has 5 aromatic rings. The van der Waals surface area contributed by atoms with E-state index in [1.165, 1.54) is 30.9 Å². The largest absolute Gasteiger partial charge is 0.493 e. The summed E-state index contributed by atoms with van der Waals surface area (Å²) in [6.07, 6.45) is 11.5. The van der Waals surface area contributed by atoms with Gasteiger partial charge >= 0.3 is 0 Å². The van der Waals surface area contributed by atoms with E-state index in [9.17, 15) is 28.8 Å². The molecule has 0 saturated carbocycles. The van der Waals surface area contributed by atoms with Gasteiger partial charge in [-0.05, 0) is 74.9 Å². The van der Waals surface area contributed by atoms with E-state index in [2.05, 4.69) is 31.3 Å². The minimum Gasteiger partial charge on any atom is -0.493 e. The topological polar surface area (TPSA) is 233 Å². The summed E-state index contributed by atoms with van der Waals surface area (Å²) >= 11 is 0. The molecule has 1 unspecified atom stereocenters. The van der Waals surface area contributed by atoms with Gasteiger partial charge in [0.05, 0.1) is 73.4 Å². The first-order valence-electron chi connectivity index (χ1n) is 23.9. The van der Waals surface area contributed by atoms with Crippen molar-refractivity contribution in [1.29, 1.82) is 0 Å². The van der Waals surface area contributed by atoms with Crippen molar-refractivity contribution in [3.8, 4) is 23.0 Å². The van der Waals surface area contributed by atoms with Gasteiger partial charge in [0.25, 0.3) is 35.4 Å². The van der Waals surface area contributed by atoms with E-state index in [1.54, 1.807) is 79.1 Å². The molecule has 7 heterocycles. The Hall–Kier alpha value is -8.36. The Labute approximate surface area is 415 Å². The molecule has 72 heavy (non-hydrogen) atoms. The second-order valence-corrected chi connectivity index (χ2v) is 17.9. The number of hydrogen-bond donors (Lipinski definition) is 4. The molecular formula is C51H57N11O10. The van der Waals surface area contributed by atoms with Gasteiger partial charge in [-0.1, -0.05) is 0 Å². The van der Waals surface area contributed by atoms with Crippen LogP contribution in [-0.4, -0.2) is 137 Å². The van der Waals surface area contributed by atoms with Crippen molar-refractivity contribution < 1.29 is 47.7 Å². The van der Waals surface area contributed by atoms with Crippen molar-refractivity contribution in [2.24, 2.45) is 31.1 Å². The number of carbonyl (C=O) groups excluding carboxylic acids is 6. The van der Waals surface area contributed by atoms with Gasteiger partial charge < -0.3 is 63.7 Å². The van der Waals surface area contributed by atoms with Gasteiger partial charge in [0.1, 0.15) is 22.8 Å². The fourth-order valence-electron chi connectivity index (χ4n) is 9.41. The van der Waals surface area contributed by atoms with Gasteiger partial charge in [-0.3, -0.25) is 38.8 Å². The number of aliphatic imine (C=N–C) groups is 2. The van der Waals surface area contributed by atoms with Crippen LogP contribution in [-0.2, 0) is 21.1 Å². The van der Waals surface area contributed by atoms with Gasteiger partial charge in [-0.25, -0.2) is 0 Å². The SMILES string of the molecule is COc1cc2c(cc1OCCCNC(=O)c1cc(NC(=O)c3ccc(C(=O)Nc4cc(C(=O)NCCCOc5cc6c(cc5OC)C(=O)N5CCC[C@H]5C=N6)n(C)c4)n3C)cn1C)N=CC1CCCN1C2=O. The third-order valence-electron chi connectivity index (χ3n) is 13.2. The van der Waals surface area contributed by atoms with Crippen LogP contribution >= 0.6 is 0 Å². The molecule has 2 aromatic carbocycles. The number of rotatable bonds is 18. The van der Waals surface area contributed by atoms with Crippen LogP contribution in [0.3, 0.4) is 0 Å². The predicted octanol–water partition coefficient (Wildman–Crippen LogP) is 5.26. The molecule has 21 heteroatoms. The highest BCUT2D eigenvalue weighted by atomic mass is 16.5. The summed E-state index contributed by atoms with van der Waals surface area (Å²) in [5.74, 6) is -0.111. The van der Waals surface area contributed by atoms with Crippen LogP contribution in [0.1, 0.15) is 101 Å². The number of ether oxygens (including phenoxy) is 4. The molecule has 0 aliphatic carbocycles. The Kier molecular flexibility index (Phi) is 14.1. The molecule has 9 rings (SSSR count). The first-order chi connectivity index (χ1) is 34.8. The van der Waals surface area contributed by atoms with Crippen LogP contribution < -0.4 is 40.2 Å². The van der Waals surface area contributed by atoms with Crippen molar-refractivity contribution in [3.63, 3.8) is 0 Å². The van der Waals surface area contributed by atoms with E-state index < -0.39 is 11.8 Å². The molecule has 0 radical (unpaired) electrons. The average Bonchev–Trinajstić information content (AvgIpc) is 4.22. The highest BCUT2D eigenvalue weighted by Crippen LogP contribution is 2.40. The molecule has 2 atom stereocenters. The first-order valence-corrected chi connectivity index (χ1v) is 23.9. The number of hydrogen-bond acceptors (Lipinski definition) is 12. The molecule has 6 amide bonds. The van der Waals surface area contributed by atoms with Crippen molar-refractivity contribution in [3.05, 3.63) is 94.8 Å². The highest BCUT2D eigenvalue weighted by Gasteiger charge is 2.34. The number of methoxy groups -OCH3 is 2. The number of anilines is 2. The Bertz CT molecular complexity index is 2820. The second-order valence-electron chi connectivity index (χ2n) is 17.9. The lowest BCUT2D eigenvalue weighted by Crippen LogP contribution is -2.35. The van der Waals surface area contributed by atoms with E-state index in [0.29, 0.717) is 107 Å². The lowest BCUT2D eigenvalue weighted by Gasteiger charge is -2.20. The lowest BCUT2D eigenvalue weighted by atomic mass is 10.1. The van der Waals surface area contributed by atoms with Crippen molar-refractivity contribution >= 4 is 70.6 Å². The summed E-state index contributed by atoms with van der Waals surface area (Å²) in [6, 6.07) is 12.9. The highest BCUT2D eigenvalue weighted by molar-refractivity contribution is 6.09. The number of nitrogens with zero attached hydrogens (tertiary/aromatic N) is 7. The average molecular weight is 984 g/mol. The zero-order valence-electron chi connectivity index (χ0n) is 40.8. The van der Waals surface area contributed by atoms with E-state index in [-0.39, 0.29) is 60.3 Å². The zero-order valence-corrected chi connectivity index (χ0v) is 40.8. The molecule has 4 aliphatic heterocycles. The summed E-state index contributed by atoms with van der Waals surface area (Å²) in [7, 11) is 8.00. The van der Waals surface area contributed by atoms with Gasteiger partial charge in [0.2, 0.25) is 0 Å². The number of fused-ring (bicyclic) bond motifs is 4. The summed E-state index contributed by atoms with van der Waals surface area (Å²) in [5.41, 5.74) is 3.77. The molecule has 21 nitrogen and oxygen atoms in total. The lowest BCUT2D eigenvalue weighted by molar-refractivity contribution is 0.0766. The van der Waals surface area contributed by atoms with Gasteiger partial charge in [-0.2, -0.15) is 0 Å². The Morgan fingerprint density at radius 2 is 1.01 bits per heavy atom. The fourth-order valence-corrected chi connectivity index (χ4v) is 9.41. The minimum atomic E-state index is -0.498.